The van der Waals surface area contributed by atoms with Gasteiger partial charge in [0.2, 0.25) is 0 Å². The van der Waals surface area contributed by atoms with E-state index in [-0.39, 0.29) is 17.9 Å². The van der Waals surface area contributed by atoms with Gasteiger partial charge in [0.15, 0.2) is 0 Å². The van der Waals surface area contributed by atoms with E-state index in [0.29, 0.717) is 5.92 Å². The monoisotopic (exact) mass is 217 g/mol. The zero-order valence-electron chi connectivity index (χ0n) is 9.28. The van der Waals surface area contributed by atoms with Crippen LogP contribution in [-0.2, 0) is 0 Å². The van der Waals surface area contributed by atoms with E-state index in [1.807, 2.05) is 11.8 Å². The number of aliphatic hydroxyl groups excluding tert-OH is 1. The summed E-state index contributed by atoms with van der Waals surface area (Å²) in [5, 5.41) is 10.3. The topological polar surface area (TPSA) is 46.2 Å². The Morgan fingerprint density at radius 1 is 1.36 bits per heavy atom. The fourth-order valence-electron chi connectivity index (χ4n) is 1.96. The maximum atomic E-state index is 9.30. The summed E-state index contributed by atoms with van der Waals surface area (Å²) in [6, 6.07) is 0.130. The minimum Gasteiger partial charge on any atom is -0.395 e. The molecule has 0 amide bonds. The highest BCUT2D eigenvalue weighted by molar-refractivity contribution is 8.00. The molecule has 3 N–H and O–H groups in total. The van der Waals surface area contributed by atoms with Crippen LogP contribution in [0, 0.1) is 5.92 Å². The van der Waals surface area contributed by atoms with E-state index in [9.17, 15) is 5.11 Å². The van der Waals surface area contributed by atoms with Crippen molar-refractivity contribution in [2.75, 3.05) is 6.61 Å². The Balaban J connectivity index is 2.36. The lowest BCUT2D eigenvalue weighted by atomic mass is 10.0. The van der Waals surface area contributed by atoms with Crippen molar-refractivity contribution in [3.05, 3.63) is 0 Å². The first-order valence-corrected chi connectivity index (χ1v) is 6.61. The molecule has 0 aromatic rings. The lowest BCUT2D eigenvalue weighted by Gasteiger charge is -2.27. The number of hydrogen-bond donors (Lipinski definition) is 2. The summed E-state index contributed by atoms with van der Waals surface area (Å²) in [6.45, 7) is 4.48. The Kier molecular flexibility index (Phi) is 5.28. The molecule has 84 valence electrons. The maximum absolute atomic E-state index is 9.30. The van der Waals surface area contributed by atoms with E-state index in [2.05, 4.69) is 13.8 Å². The zero-order valence-corrected chi connectivity index (χ0v) is 10.1. The predicted molar refractivity (Wildman–Crippen MR) is 63.5 cm³/mol. The largest absolute Gasteiger partial charge is 0.395 e. The molecular weight excluding hydrogens is 194 g/mol. The second kappa shape index (κ2) is 5.99. The Hall–Kier alpha value is 0.270. The molecule has 1 aliphatic carbocycles. The molecule has 0 spiro atoms. The van der Waals surface area contributed by atoms with Crippen LogP contribution in [0.25, 0.3) is 0 Å². The van der Waals surface area contributed by atoms with Gasteiger partial charge in [-0.15, -0.1) is 0 Å². The number of aliphatic hydroxyl groups is 1. The molecule has 0 radical (unpaired) electrons. The average Bonchev–Trinajstić information content (AvgIpc) is 2.65. The standard InChI is InChI=1S/C11H23NOS/c1-8(2)11(12)10(7-13)14-9-5-3-4-6-9/h8-11,13H,3-7,12H2,1-2H3. The number of nitrogens with two attached hydrogens (primary N) is 1. The average molecular weight is 217 g/mol. The number of rotatable bonds is 5. The minimum atomic E-state index is 0.130. The van der Waals surface area contributed by atoms with Crippen molar-refractivity contribution in [1.29, 1.82) is 0 Å². The molecule has 1 saturated carbocycles. The first kappa shape index (κ1) is 12.3. The van der Waals surface area contributed by atoms with Gasteiger partial charge in [0.1, 0.15) is 0 Å². The summed E-state index contributed by atoms with van der Waals surface area (Å²) < 4.78 is 0. The maximum Gasteiger partial charge on any atom is 0.0565 e. The van der Waals surface area contributed by atoms with Gasteiger partial charge in [-0.1, -0.05) is 26.7 Å². The van der Waals surface area contributed by atoms with E-state index < -0.39 is 0 Å². The van der Waals surface area contributed by atoms with Crippen LogP contribution in [0.15, 0.2) is 0 Å². The van der Waals surface area contributed by atoms with Crippen molar-refractivity contribution in [2.45, 2.75) is 56.1 Å². The molecule has 14 heavy (non-hydrogen) atoms. The molecule has 1 fully saturated rings. The Morgan fingerprint density at radius 3 is 2.36 bits per heavy atom. The SMILES string of the molecule is CC(C)C(N)C(CO)SC1CCCC1. The number of thioether (sulfide) groups is 1. The molecule has 0 aromatic carbocycles. The van der Waals surface area contributed by atoms with Gasteiger partial charge < -0.3 is 10.8 Å². The van der Waals surface area contributed by atoms with Crippen molar-refractivity contribution in [1.82, 2.24) is 0 Å². The van der Waals surface area contributed by atoms with E-state index >= 15 is 0 Å². The normalized spacial score (nSPS) is 22.9. The van der Waals surface area contributed by atoms with Gasteiger partial charge in [-0.2, -0.15) is 11.8 Å². The highest BCUT2D eigenvalue weighted by atomic mass is 32.2. The summed E-state index contributed by atoms with van der Waals surface area (Å²) >= 11 is 1.91. The van der Waals surface area contributed by atoms with Crippen molar-refractivity contribution < 1.29 is 5.11 Å². The van der Waals surface area contributed by atoms with Crippen LogP contribution in [0.5, 0.6) is 0 Å². The van der Waals surface area contributed by atoms with Gasteiger partial charge in [-0.25, -0.2) is 0 Å². The molecule has 0 saturated heterocycles. The van der Waals surface area contributed by atoms with Crippen LogP contribution >= 0.6 is 11.8 Å². The molecule has 2 nitrogen and oxygen atoms in total. The highest BCUT2D eigenvalue weighted by Gasteiger charge is 2.25. The van der Waals surface area contributed by atoms with Crippen molar-refractivity contribution in [3.63, 3.8) is 0 Å². The lowest BCUT2D eigenvalue weighted by molar-refractivity contribution is 0.269. The van der Waals surface area contributed by atoms with E-state index in [1.165, 1.54) is 25.7 Å². The summed E-state index contributed by atoms with van der Waals surface area (Å²) in [4.78, 5) is 0. The predicted octanol–water partition coefficient (Wildman–Crippen LogP) is 2.01. The third-order valence-corrected chi connectivity index (χ3v) is 4.72. The molecule has 1 aliphatic rings. The molecular formula is C11H23NOS. The summed E-state index contributed by atoms with van der Waals surface area (Å²) in [7, 11) is 0. The smallest absolute Gasteiger partial charge is 0.0565 e. The Labute approximate surface area is 91.6 Å². The van der Waals surface area contributed by atoms with Crippen LogP contribution in [0.2, 0.25) is 0 Å². The van der Waals surface area contributed by atoms with Crippen LogP contribution < -0.4 is 5.73 Å². The zero-order chi connectivity index (χ0) is 10.6. The molecule has 1 rings (SSSR count). The lowest BCUT2D eigenvalue weighted by Crippen LogP contribution is -2.40. The van der Waals surface area contributed by atoms with Crippen molar-refractivity contribution in [2.24, 2.45) is 11.7 Å². The number of hydrogen-bond acceptors (Lipinski definition) is 3. The molecule has 2 unspecified atom stereocenters. The van der Waals surface area contributed by atoms with Crippen molar-refractivity contribution in [3.8, 4) is 0 Å². The summed E-state index contributed by atoms with van der Waals surface area (Å²) in [5.74, 6) is 0.459. The molecule has 3 heteroatoms. The van der Waals surface area contributed by atoms with Gasteiger partial charge in [-0.05, 0) is 18.8 Å². The minimum absolute atomic E-state index is 0.130. The Morgan fingerprint density at radius 2 is 1.93 bits per heavy atom. The van der Waals surface area contributed by atoms with Gasteiger partial charge in [0.05, 0.1) is 6.61 Å². The van der Waals surface area contributed by atoms with Crippen LogP contribution in [0.3, 0.4) is 0 Å². The van der Waals surface area contributed by atoms with Gasteiger partial charge in [-0.3, -0.25) is 0 Å². The molecule has 0 heterocycles. The van der Waals surface area contributed by atoms with Gasteiger partial charge in [0, 0.05) is 16.5 Å². The molecule has 0 aromatic heterocycles. The van der Waals surface area contributed by atoms with Gasteiger partial charge in [0.25, 0.3) is 0 Å². The van der Waals surface area contributed by atoms with Crippen LogP contribution in [-0.4, -0.2) is 28.3 Å². The molecule has 2 atom stereocenters. The van der Waals surface area contributed by atoms with Gasteiger partial charge >= 0.3 is 0 Å². The Bertz CT molecular complexity index is 157. The van der Waals surface area contributed by atoms with E-state index in [0.717, 1.165) is 5.25 Å². The second-order valence-corrected chi connectivity index (χ2v) is 6.13. The first-order valence-electron chi connectivity index (χ1n) is 5.67. The van der Waals surface area contributed by atoms with Crippen LogP contribution in [0.1, 0.15) is 39.5 Å². The third kappa shape index (κ3) is 3.44. The fourth-order valence-corrected chi connectivity index (χ4v) is 3.64. The first-order chi connectivity index (χ1) is 6.65. The molecule has 0 aliphatic heterocycles. The summed E-state index contributed by atoms with van der Waals surface area (Å²) in [6.07, 6.45) is 5.33. The second-order valence-electron chi connectivity index (χ2n) is 4.58. The summed E-state index contributed by atoms with van der Waals surface area (Å²) in [5.41, 5.74) is 6.07. The quantitative estimate of drug-likeness (QED) is 0.740. The van der Waals surface area contributed by atoms with Crippen molar-refractivity contribution >= 4 is 11.8 Å². The highest BCUT2D eigenvalue weighted by Crippen LogP contribution is 2.33. The van der Waals surface area contributed by atoms with E-state index in [4.69, 9.17) is 5.73 Å². The van der Waals surface area contributed by atoms with E-state index in [1.54, 1.807) is 0 Å². The third-order valence-electron chi connectivity index (χ3n) is 3.05. The van der Waals surface area contributed by atoms with Crippen LogP contribution in [0.4, 0.5) is 0 Å². The molecule has 0 bridgehead atoms. The fraction of sp³-hybridized carbons (Fsp3) is 1.00.